The Kier molecular flexibility index (Phi) is 4.29. The van der Waals surface area contributed by atoms with Gasteiger partial charge in [-0.3, -0.25) is 0 Å². The van der Waals surface area contributed by atoms with Gasteiger partial charge < -0.3 is 5.32 Å². The molecule has 2 rings (SSSR count). The van der Waals surface area contributed by atoms with Crippen molar-refractivity contribution in [3.8, 4) is 0 Å². The van der Waals surface area contributed by atoms with Gasteiger partial charge in [-0.2, -0.15) is 0 Å². The minimum absolute atomic E-state index is 0.434. The molecule has 0 saturated heterocycles. The Morgan fingerprint density at radius 3 is 2.50 bits per heavy atom. The van der Waals surface area contributed by atoms with E-state index in [1.54, 1.807) is 0 Å². The number of hydrogen-bond donors (Lipinski definition) is 1. The van der Waals surface area contributed by atoms with Crippen LogP contribution in [-0.2, 0) is 0 Å². The normalized spacial score (nSPS) is 10.5. The summed E-state index contributed by atoms with van der Waals surface area (Å²) >= 11 is 14.1. The summed E-state index contributed by atoms with van der Waals surface area (Å²) in [6.07, 6.45) is 0. The highest BCUT2D eigenvalue weighted by atomic mass is 127. The monoisotopic (exact) mass is 393 g/mol. The van der Waals surface area contributed by atoms with Gasteiger partial charge in [0, 0.05) is 8.59 Å². The molecule has 18 heavy (non-hydrogen) atoms. The van der Waals surface area contributed by atoms with Gasteiger partial charge in [0.05, 0.1) is 5.69 Å². The van der Waals surface area contributed by atoms with Crippen molar-refractivity contribution in [1.29, 1.82) is 0 Å². The molecule has 0 aliphatic heterocycles. The van der Waals surface area contributed by atoms with Gasteiger partial charge in [0.1, 0.15) is 0 Å². The summed E-state index contributed by atoms with van der Waals surface area (Å²) in [5, 5.41) is 12.4. The first-order chi connectivity index (χ1) is 8.49. The first-order valence-corrected chi connectivity index (χ1v) is 7.04. The molecule has 0 atom stereocenters. The molecule has 0 spiro atoms. The maximum atomic E-state index is 5.92. The summed E-state index contributed by atoms with van der Waals surface area (Å²) in [5.74, 6) is 0.706. The van der Waals surface area contributed by atoms with E-state index in [1.807, 2.05) is 32.0 Å². The van der Waals surface area contributed by atoms with Gasteiger partial charge in [-0.15, -0.1) is 10.2 Å². The molecule has 0 fully saturated rings. The summed E-state index contributed by atoms with van der Waals surface area (Å²) in [6.45, 7) is 3.88. The van der Waals surface area contributed by atoms with E-state index in [0.29, 0.717) is 16.0 Å². The number of halogens is 3. The Morgan fingerprint density at radius 1 is 1.11 bits per heavy atom. The largest absolute Gasteiger partial charge is 0.338 e. The molecule has 1 N–H and O–H groups in total. The first-order valence-electron chi connectivity index (χ1n) is 5.20. The van der Waals surface area contributed by atoms with Gasteiger partial charge in [0.2, 0.25) is 0 Å². The molecule has 6 heteroatoms. The van der Waals surface area contributed by atoms with Gasteiger partial charge in [0.25, 0.3) is 0 Å². The van der Waals surface area contributed by atoms with Crippen molar-refractivity contribution in [2.24, 2.45) is 0 Å². The van der Waals surface area contributed by atoms with Crippen LogP contribution in [0.15, 0.2) is 18.2 Å². The molecule has 0 aliphatic carbocycles. The average Bonchev–Trinajstić information content (AvgIpc) is 2.33. The Labute approximate surface area is 129 Å². The number of nitrogens with one attached hydrogen (secondary N) is 1. The van der Waals surface area contributed by atoms with Crippen LogP contribution in [0.4, 0.5) is 11.5 Å². The Balaban J connectivity index is 2.37. The third kappa shape index (κ3) is 2.87. The van der Waals surface area contributed by atoms with Crippen LogP contribution >= 0.6 is 45.8 Å². The van der Waals surface area contributed by atoms with Crippen LogP contribution in [-0.4, -0.2) is 10.2 Å². The summed E-state index contributed by atoms with van der Waals surface area (Å²) in [7, 11) is 0. The Hall–Kier alpha value is -0.590. The molecular formula is C12H10Cl2IN3. The van der Waals surface area contributed by atoms with Gasteiger partial charge in [-0.05, 0) is 65.8 Å². The average molecular weight is 394 g/mol. The predicted octanol–water partition coefficient (Wildman–Crippen LogP) is 4.75. The van der Waals surface area contributed by atoms with E-state index in [9.17, 15) is 0 Å². The highest BCUT2D eigenvalue weighted by Crippen LogP contribution is 2.27. The fourth-order valence-corrected chi connectivity index (χ4v) is 2.60. The number of hydrogen-bond acceptors (Lipinski definition) is 3. The molecule has 94 valence electrons. The second-order valence-electron chi connectivity index (χ2n) is 3.84. The molecule has 1 heterocycles. The van der Waals surface area contributed by atoms with Crippen LogP contribution in [0.3, 0.4) is 0 Å². The fourth-order valence-electron chi connectivity index (χ4n) is 1.41. The second kappa shape index (κ2) is 5.59. The number of nitrogens with zero attached hydrogens (tertiary/aromatic N) is 2. The van der Waals surface area contributed by atoms with E-state index in [2.05, 4.69) is 38.1 Å². The Morgan fingerprint density at radius 2 is 1.83 bits per heavy atom. The van der Waals surface area contributed by atoms with Crippen molar-refractivity contribution in [2.45, 2.75) is 13.8 Å². The number of benzene rings is 1. The zero-order valence-electron chi connectivity index (χ0n) is 9.76. The zero-order valence-corrected chi connectivity index (χ0v) is 13.4. The third-order valence-corrected chi connectivity index (χ3v) is 4.14. The summed E-state index contributed by atoms with van der Waals surface area (Å²) in [6, 6.07) is 5.63. The smallest absolute Gasteiger partial charge is 0.156 e. The second-order valence-corrected chi connectivity index (χ2v) is 5.80. The minimum atomic E-state index is 0.434. The van der Waals surface area contributed by atoms with Crippen LogP contribution in [0.1, 0.15) is 11.1 Å². The van der Waals surface area contributed by atoms with Crippen molar-refractivity contribution in [2.75, 3.05) is 5.32 Å². The van der Waals surface area contributed by atoms with E-state index in [1.165, 1.54) is 0 Å². The van der Waals surface area contributed by atoms with Crippen LogP contribution in [0.25, 0.3) is 0 Å². The lowest BCUT2D eigenvalue weighted by Crippen LogP contribution is -2.02. The Bertz CT molecular complexity index is 602. The van der Waals surface area contributed by atoms with E-state index in [0.717, 1.165) is 20.4 Å². The van der Waals surface area contributed by atoms with Crippen LogP contribution in [0.5, 0.6) is 0 Å². The molecular weight excluding hydrogens is 384 g/mol. The van der Waals surface area contributed by atoms with Gasteiger partial charge in [-0.25, -0.2) is 0 Å². The first kappa shape index (κ1) is 13.8. The van der Waals surface area contributed by atoms with E-state index >= 15 is 0 Å². The molecule has 0 radical (unpaired) electrons. The molecule has 0 aliphatic rings. The zero-order chi connectivity index (χ0) is 13.3. The molecule has 2 aromatic rings. The van der Waals surface area contributed by atoms with Gasteiger partial charge >= 0.3 is 0 Å². The van der Waals surface area contributed by atoms with Crippen molar-refractivity contribution in [3.05, 3.63) is 43.1 Å². The van der Waals surface area contributed by atoms with Crippen LogP contribution in [0.2, 0.25) is 10.2 Å². The van der Waals surface area contributed by atoms with Crippen LogP contribution < -0.4 is 5.32 Å². The highest BCUT2D eigenvalue weighted by Gasteiger charge is 2.09. The number of anilines is 2. The van der Waals surface area contributed by atoms with E-state index < -0.39 is 0 Å². The summed E-state index contributed by atoms with van der Waals surface area (Å²) in [4.78, 5) is 0. The maximum absolute atomic E-state index is 5.92. The predicted molar refractivity (Wildman–Crippen MR) is 84.0 cm³/mol. The lowest BCUT2D eigenvalue weighted by Gasteiger charge is -2.11. The quantitative estimate of drug-likeness (QED) is 0.748. The van der Waals surface area contributed by atoms with Gasteiger partial charge in [-0.1, -0.05) is 23.2 Å². The topological polar surface area (TPSA) is 37.8 Å². The van der Waals surface area contributed by atoms with E-state index in [4.69, 9.17) is 23.2 Å². The van der Waals surface area contributed by atoms with Crippen molar-refractivity contribution < 1.29 is 0 Å². The molecule has 0 unspecified atom stereocenters. The highest BCUT2D eigenvalue weighted by molar-refractivity contribution is 14.1. The fraction of sp³-hybridized carbons (Fsp3) is 0.167. The third-order valence-electron chi connectivity index (χ3n) is 2.65. The van der Waals surface area contributed by atoms with Crippen LogP contribution in [0, 0.1) is 17.4 Å². The summed E-state index contributed by atoms with van der Waals surface area (Å²) in [5.41, 5.74) is 2.86. The van der Waals surface area contributed by atoms with E-state index in [-0.39, 0.29) is 0 Å². The molecule has 0 bridgehead atoms. The van der Waals surface area contributed by atoms with Crippen molar-refractivity contribution in [3.63, 3.8) is 0 Å². The number of aromatic nitrogens is 2. The SMILES string of the molecule is Cc1c(Cl)nnc(Nc2ccc(Cl)cc2I)c1C. The van der Waals surface area contributed by atoms with Crippen molar-refractivity contribution in [1.82, 2.24) is 10.2 Å². The molecule has 3 nitrogen and oxygen atoms in total. The minimum Gasteiger partial charge on any atom is -0.338 e. The standard InChI is InChI=1S/C12H10Cl2IN3/c1-6-7(2)12(18-17-11(6)14)16-10-4-3-8(13)5-9(10)15/h3-5H,1-2H3,(H,16,18). The van der Waals surface area contributed by atoms with Gasteiger partial charge in [0.15, 0.2) is 11.0 Å². The lowest BCUT2D eigenvalue weighted by atomic mass is 10.2. The van der Waals surface area contributed by atoms with Crippen molar-refractivity contribution >= 4 is 57.3 Å². The summed E-state index contributed by atoms with van der Waals surface area (Å²) < 4.78 is 1.02. The maximum Gasteiger partial charge on any atom is 0.156 e. The molecule has 1 aromatic carbocycles. The number of rotatable bonds is 2. The lowest BCUT2D eigenvalue weighted by molar-refractivity contribution is 1.00. The molecule has 0 amide bonds. The molecule has 1 aromatic heterocycles. The molecule has 0 saturated carbocycles.